The number of carbonyl (C=O) groups excluding carboxylic acids is 1. The number of hydrogen-bond donors (Lipinski definition) is 3. The molecule has 2 amide bonds. The number of rotatable bonds is 5. The normalized spacial score (nSPS) is 14.0. The van der Waals surface area contributed by atoms with Crippen LogP contribution in [0.15, 0.2) is 43.1 Å². The third-order valence-corrected chi connectivity index (χ3v) is 5.17. The van der Waals surface area contributed by atoms with Gasteiger partial charge in [0.2, 0.25) is 5.95 Å². The Morgan fingerprint density at radius 1 is 1.29 bits per heavy atom. The van der Waals surface area contributed by atoms with Crippen molar-refractivity contribution in [3.63, 3.8) is 0 Å². The molecular formula is C20H19ClFN7O2. The molecule has 1 atom stereocenters. The Balaban J connectivity index is 1.45. The van der Waals surface area contributed by atoms with Crippen LogP contribution in [0.2, 0.25) is 5.02 Å². The van der Waals surface area contributed by atoms with Crippen molar-refractivity contribution in [1.82, 2.24) is 30.2 Å². The number of aliphatic hydroxyl groups excluding tert-OH is 1. The van der Waals surface area contributed by atoms with Crippen LogP contribution in [0.3, 0.4) is 0 Å². The highest BCUT2D eigenvalue weighted by Gasteiger charge is 2.25. The third kappa shape index (κ3) is 4.86. The molecule has 11 heteroatoms. The van der Waals surface area contributed by atoms with Gasteiger partial charge in [0.05, 0.1) is 48.0 Å². The zero-order valence-electron chi connectivity index (χ0n) is 16.3. The summed E-state index contributed by atoms with van der Waals surface area (Å²) in [5, 5.41) is 15.4. The maximum Gasteiger partial charge on any atom is 0.318 e. The number of fused-ring (bicyclic) bond motifs is 1. The van der Waals surface area contributed by atoms with E-state index < -0.39 is 11.9 Å². The number of anilines is 2. The molecule has 3 N–H and O–H groups in total. The van der Waals surface area contributed by atoms with Crippen LogP contribution in [0.25, 0.3) is 0 Å². The highest BCUT2D eigenvalue weighted by Crippen LogP contribution is 2.23. The van der Waals surface area contributed by atoms with Gasteiger partial charge in [-0.25, -0.2) is 29.1 Å². The smallest absolute Gasteiger partial charge is 0.318 e. The van der Waals surface area contributed by atoms with Crippen molar-refractivity contribution in [2.24, 2.45) is 0 Å². The van der Waals surface area contributed by atoms with E-state index in [0.717, 1.165) is 11.3 Å². The lowest BCUT2D eigenvalue weighted by Crippen LogP contribution is -2.45. The molecule has 0 unspecified atom stereocenters. The number of carbonyl (C=O) groups is 1. The van der Waals surface area contributed by atoms with E-state index in [4.69, 9.17) is 11.6 Å². The van der Waals surface area contributed by atoms with E-state index in [1.165, 1.54) is 24.5 Å². The quantitative estimate of drug-likeness (QED) is 0.555. The molecule has 160 valence electrons. The molecule has 1 aliphatic rings. The minimum absolute atomic E-state index is 0.0716. The van der Waals surface area contributed by atoms with E-state index in [9.17, 15) is 14.3 Å². The fourth-order valence-electron chi connectivity index (χ4n) is 3.23. The molecule has 3 heterocycles. The minimum atomic E-state index is -0.715. The van der Waals surface area contributed by atoms with Crippen LogP contribution >= 0.6 is 11.6 Å². The molecule has 4 rings (SSSR count). The van der Waals surface area contributed by atoms with Crippen molar-refractivity contribution in [3.05, 3.63) is 70.8 Å². The number of urea groups is 1. The Morgan fingerprint density at radius 2 is 2.10 bits per heavy atom. The second-order valence-corrected chi connectivity index (χ2v) is 7.35. The van der Waals surface area contributed by atoms with Crippen molar-refractivity contribution in [2.45, 2.75) is 19.0 Å². The van der Waals surface area contributed by atoms with Crippen LogP contribution < -0.4 is 10.6 Å². The van der Waals surface area contributed by atoms with Crippen molar-refractivity contribution in [2.75, 3.05) is 18.5 Å². The maximum absolute atomic E-state index is 13.4. The number of nitrogens with zero attached hydrogens (tertiary/aromatic N) is 5. The first-order valence-corrected chi connectivity index (χ1v) is 9.89. The van der Waals surface area contributed by atoms with Gasteiger partial charge in [-0.05, 0) is 29.7 Å². The summed E-state index contributed by atoms with van der Waals surface area (Å²) in [7, 11) is 0. The van der Waals surface area contributed by atoms with Crippen LogP contribution in [0.4, 0.5) is 20.8 Å². The van der Waals surface area contributed by atoms with Gasteiger partial charge in [0.25, 0.3) is 0 Å². The molecule has 0 saturated carbocycles. The molecule has 0 radical (unpaired) electrons. The predicted molar refractivity (Wildman–Crippen MR) is 111 cm³/mol. The van der Waals surface area contributed by atoms with Gasteiger partial charge in [0, 0.05) is 12.7 Å². The van der Waals surface area contributed by atoms with Gasteiger partial charge < -0.3 is 20.6 Å². The molecule has 0 spiro atoms. The standard InChI is InChI=1S/C20H19ClFN7O2/c21-15-5-12(1-2-16(15)22)18(10-30)28-20(31)29-4-3-13-6-25-19(27-17(13)9-29)26-14-7-23-11-24-8-14/h1-2,5-8,11,18,30H,3-4,9-10H2,(H,28,31)(H,25,26,27)/t18-/m1/s1. The summed E-state index contributed by atoms with van der Waals surface area (Å²) in [5.74, 6) is -0.183. The second-order valence-electron chi connectivity index (χ2n) is 6.95. The van der Waals surface area contributed by atoms with Crippen LogP contribution in [0, 0.1) is 5.82 Å². The van der Waals surface area contributed by atoms with E-state index in [-0.39, 0.29) is 24.2 Å². The van der Waals surface area contributed by atoms with Crippen LogP contribution in [0.1, 0.15) is 22.9 Å². The van der Waals surface area contributed by atoms with Gasteiger partial charge in [0.1, 0.15) is 12.1 Å². The fraction of sp³-hybridized carbons (Fsp3) is 0.250. The van der Waals surface area contributed by atoms with E-state index in [1.54, 1.807) is 23.5 Å². The van der Waals surface area contributed by atoms with Crippen molar-refractivity contribution in [1.29, 1.82) is 0 Å². The Hall–Kier alpha value is -3.37. The van der Waals surface area contributed by atoms with Gasteiger partial charge >= 0.3 is 6.03 Å². The number of nitrogens with one attached hydrogen (secondary N) is 2. The van der Waals surface area contributed by atoms with Crippen molar-refractivity contribution in [3.8, 4) is 0 Å². The lowest BCUT2D eigenvalue weighted by molar-refractivity contribution is 0.176. The number of aromatic nitrogens is 4. The topological polar surface area (TPSA) is 116 Å². The Kier molecular flexibility index (Phi) is 6.19. The molecule has 0 saturated heterocycles. The number of hydrogen-bond acceptors (Lipinski definition) is 7. The Morgan fingerprint density at radius 3 is 2.84 bits per heavy atom. The van der Waals surface area contributed by atoms with Gasteiger partial charge in [-0.15, -0.1) is 0 Å². The average Bonchev–Trinajstić information content (AvgIpc) is 2.79. The van der Waals surface area contributed by atoms with E-state index in [2.05, 4.69) is 30.6 Å². The monoisotopic (exact) mass is 443 g/mol. The van der Waals surface area contributed by atoms with Gasteiger partial charge in [-0.2, -0.15) is 0 Å². The summed E-state index contributed by atoms with van der Waals surface area (Å²) in [6.45, 7) is 0.406. The lowest BCUT2D eigenvalue weighted by Gasteiger charge is -2.30. The summed E-state index contributed by atoms with van der Waals surface area (Å²) in [4.78, 5) is 31.1. The van der Waals surface area contributed by atoms with Crippen molar-refractivity contribution < 1.29 is 14.3 Å². The lowest BCUT2D eigenvalue weighted by atomic mass is 10.1. The van der Waals surface area contributed by atoms with Crippen LogP contribution in [-0.4, -0.2) is 49.1 Å². The molecule has 31 heavy (non-hydrogen) atoms. The SMILES string of the molecule is O=C(N[C@H](CO)c1ccc(F)c(Cl)c1)N1CCc2cnc(Nc3cncnc3)nc2C1. The van der Waals surface area contributed by atoms with Gasteiger partial charge in [-0.1, -0.05) is 17.7 Å². The van der Waals surface area contributed by atoms with E-state index in [0.29, 0.717) is 30.2 Å². The molecule has 1 aromatic carbocycles. The summed E-state index contributed by atoms with van der Waals surface area (Å²) < 4.78 is 13.4. The van der Waals surface area contributed by atoms with Crippen LogP contribution in [0.5, 0.6) is 0 Å². The fourth-order valence-corrected chi connectivity index (χ4v) is 3.42. The first-order valence-electron chi connectivity index (χ1n) is 9.51. The Bertz CT molecular complexity index is 1090. The summed E-state index contributed by atoms with van der Waals surface area (Å²) in [6, 6.07) is 2.99. The third-order valence-electron chi connectivity index (χ3n) is 4.88. The van der Waals surface area contributed by atoms with Gasteiger partial charge in [-0.3, -0.25) is 0 Å². The number of amides is 2. The average molecular weight is 444 g/mol. The first-order chi connectivity index (χ1) is 15.0. The molecule has 1 aliphatic heterocycles. The highest BCUT2D eigenvalue weighted by atomic mass is 35.5. The maximum atomic E-state index is 13.4. The molecule has 3 aromatic rings. The molecule has 0 fully saturated rings. The zero-order valence-corrected chi connectivity index (χ0v) is 17.1. The highest BCUT2D eigenvalue weighted by molar-refractivity contribution is 6.30. The molecule has 2 aromatic heterocycles. The van der Waals surface area contributed by atoms with Crippen molar-refractivity contribution >= 4 is 29.3 Å². The summed E-state index contributed by atoms with van der Waals surface area (Å²) >= 11 is 5.82. The predicted octanol–water partition coefficient (Wildman–Crippen LogP) is 2.60. The molecule has 0 aliphatic carbocycles. The van der Waals surface area contributed by atoms with E-state index in [1.807, 2.05) is 0 Å². The number of halogens is 2. The zero-order chi connectivity index (χ0) is 21.8. The molecule has 0 bridgehead atoms. The molecular weight excluding hydrogens is 425 g/mol. The molecule has 9 nitrogen and oxygen atoms in total. The number of benzene rings is 1. The summed E-state index contributed by atoms with van der Waals surface area (Å²) in [6.07, 6.45) is 6.97. The second kappa shape index (κ2) is 9.19. The minimum Gasteiger partial charge on any atom is -0.394 e. The van der Waals surface area contributed by atoms with Crippen LogP contribution in [-0.2, 0) is 13.0 Å². The van der Waals surface area contributed by atoms with Gasteiger partial charge in [0.15, 0.2) is 0 Å². The largest absolute Gasteiger partial charge is 0.394 e. The first kappa shape index (κ1) is 20.9. The number of aliphatic hydroxyl groups is 1. The summed E-state index contributed by atoms with van der Waals surface area (Å²) in [5.41, 5.74) is 2.85. The van der Waals surface area contributed by atoms with E-state index >= 15 is 0 Å². The Labute approximate surface area is 182 Å².